The molecule has 8 heteroatoms. The minimum atomic E-state index is -0.129. The predicted molar refractivity (Wildman–Crippen MR) is 64.0 cm³/mol. The molecule has 0 atom stereocenters. The second kappa shape index (κ2) is 4.46. The summed E-state index contributed by atoms with van der Waals surface area (Å²) in [5.74, 6) is 0.495. The molecule has 84 valence electrons. The van der Waals surface area contributed by atoms with Gasteiger partial charge in [-0.25, -0.2) is 0 Å². The number of aryl methyl sites for hydroxylation is 1. The van der Waals surface area contributed by atoms with E-state index in [1.54, 1.807) is 19.3 Å². The highest BCUT2D eigenvalue weighted by atomic mass is 79.9. The van der Waals surface area contributed by atoms with Gasteiger partial charge in [-0.2, -0.15) is 4.80 Å². The van der Waals surface area contributed by atoms with Crippen LogP contribution in [0.4, 0.5) is 0 Å². The van der Waals surface area contributed by atoms with Crippen LogP contribution in [0.15, 0.2) is 26.0 Å². The number of hydrogen-bond donors (Lipinski definition) is 0. The quantitative estimate of drug-likeness (QED) is 0.810. The maximum absolute atomic E-state index is 11.7. The van der Waals surface area contributed by atoms with Crippen molar-refractivity contribution in [3.8, 4) is 0 Å². The van der Waals surface area contributed by atoms with Gasteiger partial charge in [-0.3, -0.25) is 4.79 Å². The van der Waals surface area contributed by atoms with Crippen LogP contribution in [0.1, 0.15) is 5.82 Å². The van der Waals surface area contributed by atoms with Gasteiger partial charge in [-0.15, -0.1) is 10.2 Å². The third kappa shape index (κ3) is 2.38. The summed E-state index contributed by atoms with van der Waals surface area (Å²) in [5.41, 5.74) is -0.129. The van der Waals surface area contributed by atoms with Gasteiger partial charge in [0, 0.05) is 10.7 Å². The molecule has 0 aromatic carbocycles. The van der Waals surface area contributed by atoms with Crippen molar-refractivity contribution < 1.29 is 0 Å². The summed E-state index contributed by atoms with van der Waals surface area (Å²) >= 11 is 6.50. The molecule has 0 aliphatic heterocycles. The van der Waals surface area contributed by atoms with Crippen LogP contribution >= 0.6 is 31.9 Å². The fourth-order valence-corrected chi connectivity index (χ4v) is 2.48. The highest BCUT2D eigenvalue weighted by molar-refractivity contribution is 9.11. The van der Waals surface area contributed by atoms with Crippen LogP contribution in [0, 0.1) is 0 Å². The third-order valence-electron chi connectivity index (χ3n) is 1.87. The molecule has 6 nitrogen and oxygen atoms in total. The maximum atomic E-state index is 11.7. The molecule has 2 heterocycles. The minimum absolute atomic E-state index is 0.129. The summed E-state index contributed by atoms with van der Waals surface area (Å²) in [6.45, 7) is 0.296. The summed E-state index contributed by atoms with van der Waals surface area (Å²) in [6.07, 6.45) is 1.68. The van der Waals surface area contributed by atoms with Crippen LogP contribution in [0.5, 0.6) is 0 Å². The van der Waals surface area contributed by atoms with Crippen LogP contribution in [0.2, 0.25) is 0 Å². The lowest BCUT2D eigenvalue weighted by Crippen LogP contribution is -2.21. The standard InChI is InChI=1S/C8H7Br2N5O/c1-14-12-7(11-13-14)4-15-3-5(9)2-6(10)8(15)16/h2-3H,4H2,1H3. The fraction of sp³-hybridized carbons (Fsp3) is 0.250. The van der Waals surface area contributed by atoms with Gasteiger partial charge in [0.15, 0.2) is 5.82 Å². The average molecular weight is 349 g/mol. The number of tetrazole rings is 1. The van der Waals surface area contributed by atoms with E-state index < -0.39 is 0 Å². The smallest absolute Gasteiger partial charge is 0.265 e. The highest BCUT2D eigenvalue weighted by Crippen LogP contribution is 2.12. The lowest BCUT2D eigenvalue weighted by molar-refractivity contribution is 0.623. The minimum Gasteiger partial charge on any atom is -0.306 e. The summed E-state index contributed by atoms with van der Waals surface area (Å²) in [7, 11) is 1.68. The Hall–Kier alpha value is -1.02. The molecule has 0 amide bonds. The zero-order valence-electron chi connectivity index (χ0n) is 8.26. The molecule has 2 aromatic heterocycles. The van der Waals surface area contributed by atoms with Crippen molar-refractivity contribution in [3.63, 3.8) is 0 Å². The van der Waals surface area contributed by atoms with Crippen molar-refractivity contribution in [3.05, 3.63) is 37.4 Å². The second-order valence-electron chi connectivity index (χ2n) is 3.13. The van der Waals surface area contributed by atoms with E-state index in [0.29, 0.717) is 16.8 Å². The Balaban J connectivity index is 2.38. The average Bonchev–Trinajstić information content (AvgIpc) is 2.60. The molecular weight excluding hydrogens is 342 g/mol. The number of hydrogen-bond acceptors (Lipinski definition) is 4. The van der Waals surface area contributed by atoms with Crippen LogP contribution in [-0.4, -0.2) is 24.8 Å². The molecule has 0 saturated heterocycles. The topological polar surface area (TPSA) is 65.6 Å². The number of nitrogens with zero attached hydrogens (tertiary/aromatic N) is 5. The first-order valence-corrected chi connectivity index (χ1v) is 5.93. The molecule has 0 bridgehead atoms. The van der Waals surface area contributed by atoms with Crippen molar-refractivity contribution in [2.45, 2.75) is 6.54 Å². The van der Waals surface area contributed by atoms with Gasteiger partial charge < -0.3 is 4.57 Å². The molecule has 0 N–H and O–H groups in total. The van der Waals surface area contributed by atoms with Crippen LogP contribution in [-0.2, 0) is 13.6 Å². The van der Waals surface area contributed by atoms with Crippen molar-refractivity contribution in [1.82, 2.24) is 24.8 Å². The second-order valence-corrected chi connectivity index (χ2v) is 4.90. The first-order chi connectivity index (χ1) is 7.56. The largest absolute Gasteiger partial charge is 0.306 e. The first-order valence-electron chi connectivity index (χ1n) is 4.34. The highest BCUT2D eigenvalue weighted by Gasteiger charge is 2.06. The monoisotopic (exact) mass is 347 g/mol. The molecule has 0 radical (unpaired) electrons. The molecule has 0 saturated carbocycles. The molecule has 2 rings (SSSR count). The number of halogens is 2. The summed E-state index contributed by atoms with van der Waals surface area (Å²) in [6, 6.07) is 1.70. The van der Waals surface area contributed by atoms with E-state index >= 15 is 0 Å². The number of aromatic nitrogens is 5. The Morgan fingerprint density at radius 2 is 2.19 bits per heavy atom. The van der Waals surface area contributed by atoms with Crippen LogP contribution < -0.4 is 5.56 Å². The molecular formula is C8H7Br2N5O. The van der Waals surface area contributed by atoms with Gasteiger partial charge in [-0.05, 0) is 43.1 Å². The van der Waals surface area contributed by atoms with Crippen molar-refractivity contribution in [2.24, 2.45) is 7.05 Å². The number of rotatable bonds is 2. The molecule has 2 aromatic rings. The third-order valence-corrected chi connectivity index (χ3v) is 2.87. The van der Waals surface area contributed by atoms with E-state index in [2.05, 4.69) is 47.3 Å². The molecule has 0 unspecified atom stereocenters. The fourth-order valence-electron chi connectivity index (χ4n) is 1.22. The Morgan fingerprint density at radius 1 is 1.44 bits per heavy atom. The van der Waals surface area contributed by atoms with Gasteiger partial charge in [0.05, 0.1) is 18.1 Å². The van der Waals surface area contributed by atoms with E-state index in [9.17, 15) is 4.79 Å². The maximum Gasteiger partial charge on any atom is 0.265 e. The Morgan fingerprint density at radius 3 is 2.81 bits per heavy atom. The summed E-state index contributed by atoms with van der Waals surface area (Å²) in [4.78, 5) is 13.1. The lowest BCUT2D eigenvalue weighted by atomic mass is 10.4. The van der Waals surface area contributed by atoms with Gasteiger partial charge >= 0.3 is 0 Å². The van der Waals surface area contributed by atoms with E-state index in [1.165, 1.54) is 9.36 Å². The van der Waals surface area contributed by atoms with Gasteiger partial charge in [0.2, 0.25) is 0 Å². The molecule has 0 fully saturated rings. The SMILES string of the molecule is Cn1nnc(Cn2cc(Br)cc(Br)c2=O)n1. The molecule has 0 aliphatic carbocycles. The van der Waals surface area contributed by atoms with Gasteiger partial charge in [-0.1, -0.05) is 0 Å². The summed E-state index contributed by atoms with van der Waals surface area (Å²) < 4.78 is 2.80. The van der Waals surface area contributed by atoms with Crippen LogP contribution in [0.3, 0.4) is 0 Å². The van der Waals surface area contributed by atoms with Crippen molar-refractivity contribution in [1.29, 1.82) is 0 Å². The predicted octanol–water partition coefficient (Wildman–Crippen LogP) is 0.945. The summed E-state index contributed by atoms with van der Waals surface area (Å²) in [5, 5.41) is 11.5. The van der Waals surface area contributed by atoms with E-state index in [1.807, 2.05) is 0 Å². The zero-order chi connectivity index (χ0) is 11.7. The van der Waals surface area contributed by atoms with Gasteiger partial charge in [0.1, 0.15) is 0 Å². The van der Waals surface area contributed by atoms with E-state index in [4.69, 9.17) is 0 Å². The molecule has 0 spiro atoms. The normalized spacial score (nSPS) is 10.7. The molecule has 16 heavy (non-hydrogen) atoms. The van der Waals surface area contributed by atoms with Gasteiger partial charge in [0.25, 0.3) is 5.56 Å². The Bertz CT molecular complexity index is 576. The van der Waals surface area contributed by atoms with E-state index in [-0.39, 0.29) is 5.56 Å². The Kier molecular flexibility index (Phi) is 3.20. The van der Waals surface area contributed by atoms with Crippen molar-refractivity contribution >= 4 is 31.9 Å². The first kappa shape index (κ1) is 11.5. The number of pyridine rings is 1. The lowest BCUT2D eigenvalue weighted by Gasteiger charge is -2.03. The Labute approximate surface area is 108 Å². The van der Waals surface area contributed by atoms with Crippen LogP contribution in [0.25, 0.3) is 0 Å². The van der Waals surface area contributed by atoms with E-state index in [0.717, 1.165) is 4.47 Å². The molecule has 0 aliphatic rings. The van der Waals surface area contributed by atoms with Crippen molar-refractivity contribution in [2.75, 3.05) is 0 Å². The zero-order valence-corrected chi connectivity index (χ0v) is 11.4.